The molecule has 0 saturated carbocycles. The molecule has 0 spiro atoms. The summed E-state index contributed by atoms with van der Waals surface area (Å²) in [5, 5.41) is 10.3. The topological polar surface area (TPSA) is 0 Å². The number of hydrogen-bond donors (Lipinski definition) is 0. The molecule has 0 nitrogen and oxygen atoms in total. The van der Waals surface area contributed by atoms with E-state index in [9.17, 15) is 0 Å². The van der Waals surface area contributed by atoms with Gasteiger partial charge in [0.25, 0.3) is 0 Å². The molecule has 0 aromatic heterocycles. The van der Waals surface area contributed by atoms with Crippen LogP contribution in [0, 0.1) is 0 Å². The molecule has 0 bridgehead atoms. The molecule has 0 saturated heterocycles. The van der Waals surface area contributed by atoms with Gasteiger partial charge in [0.15, 0.2) is 0 Å². The third-order valence-corrected chi connectivity index (χ3v) is 7.04. The summed E-state index contributed by atoms with van der Waals surface area (Å²) in [7, 11) is 0. The predicted molar refractivity (Wildman–Crippen MR) is 147 cm³/mol. The molecule has 0 aliphatic heterocycles. The summed E-state index contributed by atoms with van der Waals surface area (Å²) in [4.78, 5) is 0. The second kappa shape index (κ2) is 7.57. The van der Waals surface area contributed by atoms with Crippen molar-refractivity contribution in [2.75, 3.05) is 0 Å². The zero-order valence-electron chi connectivity index (χ0n) is 18.7. The quantitative estimate of drug-likeness (QED) is 0.189. The van der Waals surface area contributed by atoms with Crippen LogP contribution < -0.4 is 0 Å². The van der Waals surface area contributed by atoms with Crippen molar-refractivity contribution in [2.24, 2.45) is 0 Å². The molecule has 0 amide bonds. The third kappa shape index (κ3) is 2.93. The fourth-order valence-corrected chi connectivity index (χ4v) is 5.42. The van der Waals surface area contributed by atoms with E-state index in [1.54, 1.807) is 0 Å². The Morgan fingerprint density at radius 1 is 0.294 bits per heavy atom. The highest BCUT2D eigenvalue weighted by atomic mass is 14.2. The summed E-state index contributed by atoms with van der Waals surface area (Å²) in [6, 6.07) is 48.6. The van der Waals surface area contributed by atoms with E-state index in [-0.39, 0.29) is 0 Å². The molecule has 0 N–H and O–H groups in total. The maximum atomic E-state index is 2.35. The molecule has 34 heavy (non-hydrogen) atoms. The molecule has 0 radical (unpaired) electrons. The van der Waals surface area contributed by atoms with Crippen LogP contribution >= 0.6 is 0 Å². The van der Waals surface area contributed by atoms with Crippen LogP contribution in [-0.4, -0.2) is 0 Å². The van der Waals surface area contributed by atoms with E-state index in [4.69, 9.17) is 0 Å². The van der Waals surface area contributed by atoms with E-state index in [0.29, 0.717) is 0 Å². The Bertz CT molecular complexity index is 1830. The lowest BCUT2D eigenvalue weighted by Gasteiger charge is -2.15. The zero-order chi connectivity index (χ0) is 22.5. The molecule has 0 atom stereocenters. The standard InChI is InChI=1S/C34H22/c1-4-12-28-23(8-1)11-7-15-29(28)25-16-18-26(19-17-25)34-31-14-6-3-10-27(31)22-33-30-13-5-2-9-24(30)20-21-32(33)34/h1-22H. The van der Waals surface area contributed by atoms with Crippen molar-refractivity contribution >= 4 is 43.1 Å². The Labute approximate surface area is 198 Å². The largest absolute Gasteiger partial charge is 0.0616 e. The van der Waals surface area contributed by atoms with Crippen molar-refractivity contribution < 1.29 is 0 Å². The number of hydrogen-bond acceptors (Lipinski definition) is 0. The molecule has 0 fully saturated rings. The molecular weight excluding hydrogens is 408 g/mol. The smallest absolute Gasteiger partial charge is 0.00266 e. The van der Waals surface area contributed by atoms with Gasteiger partial charge in [0.1, 0.15) is 0 Å². The van der Waals surface area contributed by atoms with Gasteiger partial charge in [-0.3, -0.25) is 0 Å². The molecular formula is C34H22. The van der Waals surface area contributed by atoms with E-state index in [0.717, 1.165) is 0 Å². The molecule has 158 valence electrons. The molecule has 0 heteroatoms. The number of benzene rings is 7. The van der Waals surface area contributed by atoms with Gasteiger partial charge >= 0.3 is 0 Å². The molecule has 7 rings (SSSR count). The van der Waals surface area contributed by atoms with E-state index in [2.05, 4.69) is 133 Å². The van der Waals surface area contributed by atoms with Gasteiger partial charge < -0.3 is 0 Å². The van der Waals surface area contributed by atoms with Crippen LogP contribution in [0.4, 0.5) is 0 Å². The van der Waals surface area contributed by atoms with Crippen LogP contribution in [-0.2, 0) is 0 Å². The molecule has 0 unspecified atom stereocenters. The minimum absolute atomic E-state index is 1.25. The summed E-state index contributed by atoms with van der Waals surface area (Å²) in [6.07, 6.45) is 0. The first-order valence-electron chi connectivity index (χ1n) is 11.8. The van der Waals surface area contributed by atoms with Crippen molar-refractivity contribution in [3.8, 4) is 22.3 Å². The lowest BCUT2D eigenvalue weighted by molar-refractivity contribution is 1.64. The summed E-state index contributed by atoms with van der Waals surface area (Å²) >= 11 is 0. The SMILES string of the molecule is c1ccc2c(-c3ccc(-c4c5ccccc5cc5c4ccc4ccccc45)cc3)cccc2c1. The van der Waals surface area contributed by atoms with Gasteiger partial charge in [-0.25, -0.2) is 0 Å². The van der Waals surface area contributed by atoms with Gasteiger partial charge in [0.05, 0.1) is 0 Å². The molecule has 0 heterocycles. The first kappa shape index (κ1) is 19.1. The van der Waals surface area contributed by atoms with Gasteiger partial charge in [-0.2, -0.15) is 0 Å². The fraction of sp³-hybridized carbons (Fsp3) is 0. The Morgan fingerprint density at radius 3 is 1.68 bits per heavy atom. The monoisotopic (exact) mass is 430 g/mol. The lowest BCUT2D eigenvalue weighted by atomic mass is 9.89. The fourth-order valence-electron chi connectivity index (χ4n) is 5.42. The molecule has 7 aromatic carbocycles. The first-order chi connectivity index (χ1) is 16.9. The van der Waals surface area contributed by atoms with E-state index in [1.165, 1.54) is 65.3 Å². The lowest BCUT2D eigenvalue weighted by Crippen LogP contribution is -1.88. The average Bonchev–Trinajstić information content (AvgIpc) is 2.91. The molecule has 7 aromatic rings. The normalized spacial score (nSPS) is 11.5. The van der Waals surface area contributed by atoms with E-state index >= 15 is 0 Å². The first-order valence-corrected chi connectivity index (χ1v) is 11.8. The highest BCUT2D eigenvalue weighted by Crippen LogP contribution is 2.40. The highest BCUT2D eigenvalue weighted by Gasteiger charge is 2.12. The van der Waals surface area contributed by atoms with Gasteiger partial charge in [0, 0.05) is 0 Å². The van der Waals surface area contributed by atoms with Crippen molar-refractivity contribution in [1.82, 2.24) is 0 Å². The zero-order valence-corrected chi connectivity index (χ0v) is 18.7. The van der Waals surface area contributed by atoms with Crippen LogP contribution in [0.2, 0.25) is 0 Å². The van der Waals surface area contributed by atoms with Gasteiger partial charge in [-0.15, -0.1) is 0 Å². The number of fused-ring (bicyclic) bond motifs is 5. The third-order valence-electron chi connectivity index (χ3n) is 7.04. The van der Waals surface area contributed by atoms with Crippen LogP contribution in [0.5, 0.6) is 0 Å². The highest BCUT2D eigenvalue weighted by molar-refractivity contribution is 6.20. The Balaban J connectivity index is 1.48. The summed E-state index contributed by atoms with van der Waals surface area (Å²) in [6.45, 7) is 0. The van der Waals surface area contributed by atoms with Crippen molar-refractivity contribution in [3.63, 3.8) is 0 Å². The van der Waals surface area contributed by atoms with Crippen molar-refractivity contribution in [3.05, 3.63) is 133 Å². The summed E-state index contributed by atoms with van der Waals surface area (Å²) < 4.78 is 0. The van der Waals surface area contributed by atoms with E-state index < -0.39 is 0 Å². The minimum Gasteiger partial charge on any atom is -0.0616 e. The van der Waals surface area contributed by atoms with Crippen LogP contribution in [0.15, 0.2) is 133 Å². The van der Waals surface area contributed by atoms with Crippen LogP contribution in [0.1, 0.15) is 0 Å². The van der Waals surface area contributed by atoms with Crippen molar-refractivity contribution in [2.45, 2.75) is 0 Å². The van der Waals surface area contributed by atoms with Gasteiger partial charge in [-0.1, -0.05) is 127 Å². The maximum absolute atomic E-state index is 2.35. The van der Waals surface area contributed by atoms with Gasteiger partial charge in [0.2, 0.25) is 0 Å². The Kier molecular flexibility index (Phi) is 4.25. The summed E-state index contributed by atoms with van der Waals surface area (Å²) in [5.74, 6) is 0. The van der Waals surface area contributed by atoms with E-state index in [1.807, 2.05) is 0 Å². The van der Waals surface area contributed by atoms with Gasteiger partial charge in [-0.05, 0) is 71.4 Å². The number of rotatable bonds is 2. The summed E-state index contributed by atoms with van der Waals surface area (Å²) in [5.41, 5.74) is 5.08. The van der Waals surface area contributed by atoms with Crippen LogP contribution in [0.25, 0.3) is 65.3 Å². The maximum Gasteiger partial charge on any atom is -0.00266 e. The second-order valence-electron chi connectivity index (χ2n) is 8.96. The second-order valence-corrected chi connectivity index (χ2v) is 8.96. The molecule has 0 aliphatic carbocycles. The van der Waals surface area contributed by atoms with Crippen LogP contribution in [0.3, 0.4) is 0 Å². The van der Waals surface area contributed by atoms with Crippen molar-refractivity contribution in [1.29, 1.82) is 0 Å². The Hall–Kier alpha value is -4.42. The minimum atomic E-state index is 1.25. The molecule has 0 aliphatic rings. The average molecular weight is 431 g/mol. The Morgan fingerprint density at radius 2 is 0.882 bits per heavy atom. The predicted octanol–water partition coefficient (Wildman–Crippen LogP) is 9.63.